The normalized spacial score (nSPS) is 16.6. The zero-order valence-electron chi connectivity index (χ0n) is 9.72. The van der Waals surface area contributed by atoms with Crippen molar-refractivity contribution < 1.29 is 4.74 Å². The third-order valence-corrected chi connectivity index (χ3v) is 3.45. The number of hydrogen-bond acceptors (Lipinski definition) is 3. The van der Waals surface area contributed by atoms with E-state index in [1.54, 1.807) is 0 Å². The van der Waals surface area contributed by atoms with Gasteiger partial charge in [0.1, 0.15) is 0 Å². The van der Waals surface area contributed by atoms with Crippen molar-refractivity contribution >= 4 is 23.0 Å². The number of anilines is 2. The van der Waals surface area contributed by atoms with Crippen molar-refractivity contribution in [3.8, 4) is 0 Å². The zero-order valence-corrected chi connectivity index (χ0v) is 10.5. The van der Waals surface area contributed by atoms with Crippen LogP contribution in [-0.4, -0.2) is 26.3 Å². The van der Waals surface area contributed by atoms with E-state index >= 15 is 0 Å². The molecule has 2 N–H and O–H groups in total. The Morgan fingerprint density at radius 3 is 2.56 bits per heavy atom. The van der Waals surface area contributed by atoms with E-state index < -0.39 is 0 Å². The summed E-state index contributed by atoms with van der Waals surface area (Å²) in [6.07, 6.45) is 0. The molecule has 0 aliphatic carbocycles. The number of benzene rings is 1. The van der Waals surface area contributed by atoms with Gasteiger partial charge in [0.2, 0.25) is 0 Å². The van der Waals surface area contributed by atoms with E-state index in [1.807, 2.05) is 19.9 Å². The van der Waals surface area contributed by atoms with Crippen molar-refractivity contribution in [3.05, 3.63) is 22.2 Å². The van der Waals surface area contributed by atoms with Crippen molar-refractivity contribution in [3.63, 3.8) is 0 Å². The highest BCUT2D eigenvalue weighted by Crippen LogP contribution is 2.35. The van der Waals surface area contributed by atoms with Crippen LogP contribution in [0.1, 0.15) is 11.1 Å². The Bertz CT molecular complexity index is 400. The molecule has 0 amide bonds. The van der Waals surface area contributed by atoms with E-state index in [1.165, 1.54) is 0 Å². The van der Waals surface area contributed by atoms with Gasteiger partial charge in [0.25, 0.3) is 0 Å². The van der Waals surface area contributed by atoms with Crippen LogP contribution >= 0.6 is 11.6 Å². The molecule has 1 saturated heterocycles. The molecule has 0 saturated carbocycles. The van der Waals surface area contributed by atoms with E-state index in [9.17, 15) is 0 Å². The van der Waals surface area contributed by atoms with Crippen molar-refractivity contribution in [2.45, 2.75) is 13.8 Å². The third kappa shape index (κ3) is 1.97. The maximum absolute atomic E-state index is 6.15. The van der Waals surface area contributed by atoms with E-state index in [0.717, 1.165) is 53.8 Å². The lowest BCUT2D eigenvalue weighted by Gasteiger charge is -2.31. The fourth-order valence-electron chi connectivity index (χ4n) is 2.09. The van der Waals surface area contributed by atoms with E-state index in [0.29, 0.717) is 0 Å². The van der Waals surface area contributed by atoms with Crippen LogP contribution in [0, 0.1) is 13.8 Å². The molecule has 0 bridgehead atoms. The lowest BCUT2D eigenvalue weighted by atomic mass is 10.1. The quantitative estimate of drug-likeness (QED) is 0.766. The number of halogens is 1. The second-order valence-electron chi connectivity index (χ2n) is 4.16. The summed E-state index contributed by atoms with van der Waals surface area (Å²) in [6.45, 7) is 7.33. The largest absolute Gasteiger partial charge is 0.397 e. The first-order chi connectivity index (χ1) is 7.61. The summed E-state index contributed by atoms with van der Waals surface area (Å²) in [5.74, 6) is 0. The van der Waals surface area contributed by atoms with Gasteiger partial charge in [-0.25, -0.2) is 0 Å². The molecular weight excluding hydrogens is 224 g/mol. The fraction of sp³-hybridized carbons (Fsp3) is 0.500. The highest BCUT2D eigenvalue weighted by atomic mass is 35.5. The summed E-state index contributed by atoms with van der Waals surface area (Å²) in [5.41, 5.74) is 10.2. The second kappa shape index (κ2) is 4.52. The summed E-state index contributed by atoms with van der Waals surface area (Å²) in [7, 11) is 0. The Morgan fingerprint density at radius 2 is 1.94 bits per heavy atom. The average molecular weight is 241 g/mol. The van der Waals surface area contributed by atoms with Crippen LogP contribution in [0.5, 0.6) is 0 Å². The fourth-order valence-corrected chi connectivity index (χ4v) is 2.36. The Hall–Kier alpha value is -0.930. The summed E-state index contributed by atoms with van der Waals surface area (Å²) < 4.78 is 5.35. The van der Waals surface area contributed by atoms with Gasteiger partial charge in [-0.1, -0.05) is 11.6 Å². The standard InChI is InChI=1S/C12H17ClN2O/c1-8-7-10(13)9(2)11(14)12(8)15-3-5-16-6-4-15/h7H,3-6,14H2,1-2H3. The minimum Gasteiger partial charge on any atom is -0.397 e. The van der Waals surface area contributed by atoms with Crippen LogP contribution in [0.25, 0.3) is 0 Å². The lowest BCUT2D eigenvalue weighted by Crippen LogP contribution is -2.37. The SMILES string of the molecule is Cc1cc(Cl)c(C)c(N)c1N1CCOCC1. The molecule has 1 aromatic rings. The van der Waals surface area contributed by atoms with E-state index in [4.69, 9.17) is 22.1 Å². The smallest absolute Gasteiger partial charge is 0.0642 e. The van der Waals surface area contributed by atoms with Crippen LogP contribution in [-0.2, 0) is 4.74 Å². The molecule has 0 aromatic heterocycles. The number of rotatable bonds is 1. The van der Waals surface area contributed by atoms with E-state index in [-0.39, 0.29) is 0 Å². The average Bonchev–Trinajstić information content (AvgIpc) is 2.28. The van der Waals surface area contributed by atoms with Gasteiger partial charge in [-0.2, -0.15) is 0 Å². The van der Waals surface area contributed by atoms with Crippen LogP contribution in [0.2, 0.25) is 5.02 Å². The molecule has 0 atom stereocenters. The number of nitrogens with two attached hydrogens (primary N) is 1. The molecule has 2 rings (SSSR count). The Morgan fingerprint density at radius 1 is 1.31 bits per heavy atom. The number of nitrogens with zero attached hydrogens (tertiary/aromatic N) is 1. The molecule has 1 heterocycles. The lowest BCUT2D eigenvalue weighted by molar-refractivity contribution is 0.122. The van der Waals surface area contributed by atoms with E-state index in [2.05, 4.69) is 4.90 Å². The molecule has 0 radical (unpaired) electrons. The minimum atomic E-state index is 0.743. The Balaban J connectivity index is 2.42. The zero-order chi connectivity index (χ0) is 11.7. The predicted octanol–water partition coefficient (Wildman–Crippen LogP) is 2.38. The Kier molecular flexibility index (Phi) is 3.26. The molecule has 4 heteroatoms. The van der Waals surface area contributed by atoms with Crippen LogP contribution < -0.4 is 10.6 Å². The van der Waals surface area contributed by atoms with Gasteiger partial charge in [0.05, 0.1) is 24.6 Å². The predicted molar refractivity (Wildman–Crippen MR) is 68.4 cm³/mol. The topological polar surface area (TPSA) is 38.5 Å². The second-order valence-corrected chi connectivity index (χ2v) is 4.57. The molecule has 1 fully saturated rings. The first-order valence-electron chi connectivity index (χ1n) is 5.49. The van der Waals surface area contributed by atoms with Gasteiger partial charge in [-0.15, -0.1) is 0 Å². The number of ether oxygens (including phenoxy) is 1. The minimum absolute atomic E-state index is 0.743. The summed E-state index contributed by atoms with van der Waals surface area (Å²) in [6, 6.07) is 1.98. The molecule has 88 valence electrons. The molecule has 1 aliphatic rings. The number of aryl methyl sites for hydroxylation is 1. The summed E-state index contributed by atoms with van der Waals surface area (Å²) in [4.78, 5) is 2.28. The van der Waals surface area contributed by atoms with Crippen LogP contribution in [0.3, 0.4) is 0 Å². The van der Waals surface area contributed by atoms with Crippen LogP contribution in [0.15, 0.2) is 6.07 Å². The highest BCUT2D eigenvalue weighted by Gasteiger charge is 2.18. The number of morpholine rings is 1. The van der Waals surface area contributed by atoms with Crippen molar-refractivity contribution in [2.24, 2.45) is 0 Å². The number of nitrogen functional groups attached to an aromatic ring is 1. The van der Waals surface area contributed by atoms with Gasteiger partial charge >= 0.3 is 0 Å². The molecule has 3 nitrogen and oxygen atoms in total. The summed E-state index contributed by atoms with van der Waals surface area (Å²) in [5, 5.41) is 0.743. The van der Waals surface area contributed by atoms with Gasteiger partial charge < -0.3 is 15.4 Å². The molecule has 16 heavy (non-hydrogen) atoms. The van der Waals surface area contributed by atoms with Gasteiger partial charge in [0.15, 0.2) is 0 Å². The van der Waals surface area contributed by atoms with Crippen LogP contribution in [0.4, 0.5) is 11.4 Å². The summed E-state index contributed by atoms with van der Waals surface area (Å²) >= 11 is 6.11. The van der Waals surface area contributed by atoms with Crippen molar-refractivity contribution in [1.29, 1.82) is 0 Å². The molecular formula is C12H17ClN2O. The van der Waals surface area contributed by atoms with Gasteiger partial charge in [-0.3, -0.25) is 0 Å². The first-order valence-corrected chi connectivity index (χ1v) is 5.87. The van der Waals surface area contributed by atoms with Gasteiger partial charge in [-0.05, 0) is 31.0 Å². The number of hydrogen-bond donors (Lipinski definition) is 1. The molecule has 1 aromatic carbocycles. The maximum atomic E-state index is 6.15. The Labute approximate surface area is 101 Å². The molecule has 0 unspecified atom stereocenters. The molecule has 1 aliphatic heterocycles. The first kappa shape index (κ1) is 11.6. The molecule has 0 spiro atoms. The van der Waals surface area contributed by atoms with Crippen molar-refractivity contribution in [2.75, 3.05) is 36.9 Å². The monoisotopic (exact) mass is 240 g/mol. The highest BCUT2D eigenvalue weighted by molar-refractivity contribution is 6.32. The third-order valence-electron chi connectivity index (χ3n) is 3.06. The maximum Gasteiger partial charge on any atom is 0.0642 e. The van der Waals surface area contributed by atoms with Crippen molar-refractivity contribution in [1.82, 2.24) is 0 Å². The van der Waals surface area contributed by atoms with Gasteiger partial charge in [0, 0.05) is 18.1 Å².